The molecule has 3 N–H and O–H groups in total. The van der Waals surface area contributed by atoms with Crippen LogP contribution in [0.15, 0.2) is 48.5 Å². The van der Waals surface area contributed by atoms with Gasteiger partial charge in [-0.15, -0.1) is 0 Å². The summed E-state index contributed by atoms with van der Waals surface area (Å²) in [6.45, 7) is 6.01. The average Bonchev–Trinajstić information content (AvgIpc) is 2.80. The van der Waals surface area contributed by atoms with Crippen molar-refractivity contribution in [3.05, 3.63) is 59.7 Å². The number of nitrogens with one attached hydrogen (secondary N) is 2. The molecule has 2 unspecified atom stereocenters. The minimum atomic E-state index is -1.43. The molecule has 0 saturated carbocycles. The number of amides is 3. The zero-order valence-electron chi connectivity index (χ0n) is 20.5. The van der Waals surface area contributed by atoms with Gasteiger partial charge in [-0.1, -0.05) is 30.7 Å². The van der Waals surface area contributed by atoms with Crippen molar-refractivity contribution in [3.63, 3.8) is 0 Å². The third-order valence-electron chi connectivity index (χ3n) is 4.90. The van der Waals surface area contributed by atoms with E-state index in [9.17, 15) is 19.5 Å². The van der Waals surface area contributed by atoms with Crippen LogP contribution in [0.2, 0.25) is 0 Å². The fraction of sp³-hybridized carbons (Fsp3) is 0.346. The van der Waals surface area contributed by atoms with Gasteiger partial charge in [-0.05, 0) is 63.1 Å². The van der Waals surface area contributed by atoms with E-state index in [1.807, 2.05) is 0 Å². The Morgan fingerprint density at radius 1 is 1.11 bits per heavy atom. The van der Waals surface area contributed by atoms with Crippen LogP contribution in [0.3, 0.4) is 0 Å². The van der Waals surface area contributed by atoms with E-state index in [-0.39, 0.29) is 0 Å². The second-order valence-electron chi connectivity index (χ2n) is 8.70. The summed E-state index contributed by atoms with van der Waals surface area (Å²) in [4.78, 5) is 39.8. The number of nitrogens with zero attached hydrogens (tertiary/aromatic N) is 1. The molecule has 0 saturated heterocycles. The Hall–Kier alpha value is -4.03. The molecule has 0 aliphatic carbocycles. The van der Waals surface area contributed by atoms with Crippen LogP contribution in [0.25, 0.3) is 0 Å². The number of hydrogen-bond acceptors (Lipinski definition) is 6. The van der Waals surface area contributed by atoms with Crippen molar-refractivity contribution in [3.8, 4) is 18.2 Å². The van der Waals surface area contributed by atoms with Gasteiger partial charge in [0, 0.05) is 11.7 Å². The van der Waals surface area contributed by atoms with Gasteiger partial charge < -0.3 is 25.2 Å². The first kappa shape index (κ1) is 27.2. The summed E-state index contributed by atoms with van der Waals surface area (Å²) in [6.07, 6.45) is 4.78. The quantitative estimate of drug-likeness (QED) is 0.394. The lowest BCUT2D eigenvalue weighted by atomic mass is 9.98. The molecule has 0 bridgehead atoms. The van der Waals surface area contributed by atoms with Gasteiger partial charge in [0.05, 0.1) is 13.7 Å². The molecule has 0 fully saturated rings. The van der Waals surface area contributed by atoms with Crippen molar-refractivity contribution in [2.45, 2.75) is 45.4 Å². The molecule has 0 aliphatic rings. The van der Waals surface area contributed by atoms with E-state index >= 15 is 0 Å². The number of ether oxygens (including phenoxy) is 2. The highest BCUT2D eigenvalue weighted by Gasteiger charge is 2.36. The molecule has 2 rings (SSSR count). The molecule has 0 aliphatic heterocycles. The molecule has 2 aromatic rings. The minimum Gasteiger partial charge on any atom is -0.497 e. The van der Waals surface area contributed by atoms with Crippen LogP contribution in [-0.2, 0) is 14.3 Å². The molecule has 0 radical (unpaired) electrons. The molecule has 35 heavy (non-hydrogen) atoms. The maximum Gasteiger partial charge on any atom is 0.408 e. The first-order valence-electron chi connectivity index (χ1n) is 10.9. The summed E-state index contributed by atoms with van der Waals surface area (Å²) in [5.74, 6) is -0.818. The average molecular weight is 482 g/mol. The SMILES string of the molecule is C#CN(C(=O)C(CO)NC(=O)OC(C)(C)C)C(C(=O)Nc1ccc(OC)cc1)c1ccccc1C. The van der Waals surface area contributed by atoms with Crippen LogP contribution in [0.4, 0.5) is 10.5 Å². The zero-order chi connectivity index (χ0) is 26.2. The molecule has 0 aromatic heterocycles. The smallest absolute Gasteiger partial charge is 0.408 e. The van der Waals surface area contributed by atoms with Crippen molar-refractivity contribution < 1.29 is 29.0 Å². The lowest BCUT2D eigenvalue weighted by molar-refractivity contribution is -0.137. The fourth-order valence-corrected chi connectivity index (χ4v) is 3.24. The number of alkyl carbamates (subject to hydrolysis) is 1. The topological polar surface area (TPSA) is 117 Å². The van der Waals surface area contributed by atoms with Crippen LogP contribution in [0.5, 0.6) is 5.75 Å². The second kappa shape index (κ2) is 11.9. The Kier molecular flexibility index (Phi) is 9.26. The molecular formula is C26H31N3O6. The number of carbonyl (C=O) groups excluding carboxylic acids is 3. The Labute approximate surface area is 205 Å². The van der Waals surface area contributed by atoms with Crippen molar-refractivity contribution in [2.24, 2.45) is 0 Å². The number of rotatable bonds is 8. The molecule has 3 amide bonds. The van der Waals surface area contributed by atoms with Crippen molar-refractivity contribution in [1.82, 2.24) is 10.2 Å². The molecule has 2 aromatic carbocycles. The molecule has 2 atom stereocenters. The van der Waals surface area contributed by atoms with Gasteiger partial charge in [0.25, 0.3) is 11.8 Å². The normalized spacial score (nSPS) is 12.5. The number of terminal acetylenes is 1. The van der Waals surface area contributed by atoms with Crippen LogP contribution in [0.1, 0.15) is 37.9 Å². The number of aryl methyl sites for hydroxylation is 1. The van der Waals surface area contributed by atoms with Gasteiger partial charge in [0.1, 0.15) is 23.4 Å². The lowest BCUT2D eigenvalue weighted by Gasteiger charge is -2.30. The Balaban J connectivity index is 2.39. The van der Waals surface area contributed by atoms with E-state index in [0.717, 1.165) is 10.5 Å². The number of anilines is 1. The van der Waals surface area contributed by atoms with E-state index < -0.39 is 42.2 Å². The first-order chi connectivity index (χ1) is 16.5. The first-order valence-corrected chi connectivity index (χ1v) is 10.9. The fourth-order valence-electron chi connectivity index (χ4n) is 3.24. The number of carbonyl (C=O) groups is 3. The Morgan fingerprint density at radius 2 is 1.74 bits per heavy atom. The van der Waals surface area contributed by atoms with Gasteiger partial charge in [0.2, 0.25) is 0 Å². The molecule has 9 nitrogen and oxygen atoms in total. The lowest BCUT2D eigenvalue weighted by Crippen LogP contribution is -2.52. The third-order valence-corrected chi connectivity index (χ3v) is 4.90. The van der Waals surface area contributed by atoms with E-state index in [2.05, 4.69) is 16.7 Å². The Morgan fingerprint density at radius 3 is 2.26 bits per heavy atom. The number of aliphatic hydroxyl groups excluding tert-OH is 1. The van der Waals surface area contributed by atoms with E-state index in [1.165, 1.54) is 7.11 Å². The molecule has 9 heteroatoms. The number of hydrogen-bond donors (Lipinski definition) is 3. The molecule has 186 valence electrons. The summed E-state index contributed by atoms with van der Waals surface area (Å²) in [6, 6.07) is 13.2. The number of aliphatic hydroxyl groups is 1. The molecular weight excluding hydrogens is 450 g/mol. The third kappa shape index (κ3) is 7.48. The minimum absolute atomic E-state index is 0.462. The second-order valence-corrected chi connectivity index (χ2v) is 8.70. The zero-order valence-corrected chi connectivity index (χ0v) is 20.5. The van der Waals surface area contributed by atoms with E-state index in [4.69, 9.17) is 15.9 Å². The maximum atomic E-state index is 13.4. The highest BCUT2D eigenvalue weighted by Crippen LogP contribution is 2.27. The summed E-state index contributed by atoms with van der Waals surface area (Å²) < 4.78 is 10.3. The predicted molar refractivity (Wildman–Crippen MR) is 131 cm³/mol. The summed E-state index contributed by atoms with van der Waals surface area (Å²) in [5.41, 5.74) is 0.847. The largest absolute Gasteiger partial charge is 0.497 e. The van der Waals surface area contributed by atoms with Crippen LogP contribution in [-0.4, -0.2) is 53.3 Å². The Bertz CT molecular complexity index is 1090. The van der Waals surface area contributed by atoms with Crippen LogP contribution >= 0.6 is 0 Å². The maximum absolute atomic E-state index is 13.4. The number of methoxy groups -OCH3 is 1. The van der Waals surface area contributed by atoms with Crippen LogP contribution in [0, 0.1) is 19.4 Å². The summed E-state index contributed by atoms with van der Waals surface area (Å²) in [7, 11) is 1.53. The highest BCUT2D eigenvalue weighted by molar-refractivity contribution is 5.99. The summed E-state index contributed by atoms with van der Waals surface area (Å²) in [5, 5.41) is 14.9. The van der Waals surface area contributed by atoms with E-state index in [0.29, 0.717) is 17.0 Å². The molecule has 0 spiro atoms. The van der Waals surface area contributed by atoms with E-state index in [1.54, 1.807) is 76.2 Å². The van der Waals surface area contributed by atoms with Crippen molar-refractivity contribution in [1.29, 1.82) is 0 Å². The van der Waals surface area contributed by atoms with Gasteiger partial charge in [-0.3, -0.25) is 14.5 Å². The number of benzene rings is 2. The highest BCUT2D eigenvalue weighted by atomic mass is 16.6. The van der Waals surface area contributed by atoms with Crippen molar-refractivity contribution >= 4 is 23.6 Å². The van der Waals surface area contributed by atoms with Crippen molar-refractivity contribution in [2.75, 3.05) is 19.0 Å². The summed E-state index contributed by atoms with van der Waals surface area (Å²) >= 11 is 0. The van der Waals surface area contributed by atoms with Gasteiger partial charge in [-0.2, -0.15) is 0 Å². The molecule has 0 heterocycles. The van der Waals surface area contributed by atoms with Crippen LogP contribution < -0.4 is 15.4 Å². The predicted octanol–water partition coefficient (Wildman–Crippen LogP) is 2.99. The van der Waals surface area contributed by atoms with Gasteiger partial charge >= 0.3 is 6.09 Å². The van der Waals surface area contributed by atoms with Gasteiger partial charge in [-0.25, -0.2) is 4.79 Å². The standard InChI is InChI=1S/C26H31N3O6/c1-7-29(24(32)21(16-30)28-25(33)35-26(3,4)5)22(20-11-9-8-10-17(20)2)23(31)27-18-12-14-19(34-6)15-13-18/h1,8-15,21-22,30H,16H2,2-6H3,(H,27,31)(H,28,33). The van der Waals surface area contributed by atoms with Gasteiger partial charge in [0.15, 0.2) is 0 Å². The monoisotopic (exact) mass is 481 g/mol.